The number of carbonyl (C=O) groups is 2. The Bertz CT molecular complexity index is 357. The van der Waals surface area contributed by atoms with Gasteiger partial charge < -0.3 is 0 Å². The molecule has 2 heteroatoms. The van der Waals surface area contributed by atoms with E-state index in [0.717, 1.165) is 0 Å². The summed E-state index contributed by atoms with van der Waals surface area (Å²) in [5, 5.41) is 0. The van der Waals surface area contributed by atoms with Crippen molar-refractivity contribution in [3.63, 3.8) is 0 Å². The van der Waals surface area contributed by atoms with Gasteiger partial charge in [0.15, 0.2) is 12.6 Å². The number of terminal acetylenes is 2. The summed E-state index contributed by atoms with van der Waals surface area (Å²) in [6, 6.07) is 0. The summed E-state index contributed by atoms with van der Waals surface area (Å²) in [5.41, 5.74) is 1.19. The Morgan fingerprint density at radius 2 is 1.25 bits per heavy atom. The number of hydrogen-bond donors (Lipinski definition) is 0. The Hall–Kier alpha value is -2.06. The maximum absolute atomic E-state index is 10.4. The van der Waals surface area contributed by atoms with E-state index in [1.807, 2.05) is 0 Å². The van der Waals surface area contributed by atoms with Crippen LogP contribution < -0.4 is 0 Å². The van der Waals surface area contributed by atoms with Gasteiger partial charge >= 0.3 is 0 Å². The third-order valence-corrected chi connectivity index (χ3v) is 1.60. The third-order valence-electron chi connectivity index (χ3n) is 1.60. The first kappa shape index (κ1) is 8.04. The molecule has 2 nitrogen and oxygen atoms in total. The number of rotatable bonds is 2. The lowest BCUT2D eigenvalue weighted by Gasteiger charge is -2.16. The molecular weight excluding hydrogens is 152 g/mol. The van der Waals surface area contributed by atoms with E-state index in [1.54, 1.807) is 0 Å². The minimum absolute atomic E-state index is 0.237. The highest BCUT2D eigenvalue weighted by Crippen LogP contribution is 2.31. The predicted octanol–water partition coefficient (Wildman–Crippen LogP) is 0.257. The Morgan fingerprint density at radius 1 is 0.917 bits per heavy atom. The smallest absolute Gasteiger partial charge is 0.152 e. The SMILES string of the molecule is C#CC1=C(C#C)C(C=O)=C1C=O. The molecule has 56 valence electrons. The van der Waals surface area contributed by atoms with Crippen LogP contribution in [-0.2, 0) is 9.59 Å². The largest absolute Gasteiger partial charge is 0.298 e. The molecule has 0 amide bonds. The van der Waals surface area contributed by atoms with Crippen molar-refractivity contribution in [2.75, 3.05) is 0 Å². The van der Waals surface area contributed by atoms with E-state index in [0.29, 0.717) is 23.7 Å². The van der Waals surface area contributed by atoms with Crippen molar-refractivity contribution in [1.82, 2.24) is 0 Å². The minimum Gasteiger partial charge on any atom is -0.298 e. The molecule has 1 rings (SSSR count). The van der Waals surface area contributed by atoms with E-state index >= 15 is 0 Å². The lowest BCUT2D eigenvalue weighted by Crippen LogP contribution is -2.12. The normalized spacial score (nSPS) is 14.5. The third kappa shape index (κ3) is 0.794. The summed E-state index contributed by atoms with van der Waals surface area (Å²) in [7, 11) is 0. The first-order valence-electron chi connectivity index (χ1n) is 3.13. The van der Waals surface area contributed by atoms with Gasteiger partial charge in [-0.1, -0.05) is 11.8 Å². The molecule has 0 aromatic rings. The minimum atomic E-state index is 0.237. The van der Waals surface area contributed by atoms with E-state index < -0.39 is 0 Å². The van der Waals surface area contributed by atoms with Gasteiger partial charge in [-0.3, -0.25) is 9.59 Å². The highest BCUT2D eigenvalue weighted by Gasteiger charge is 2.25. The summed E-state index contributed by atoms with van der Waals surface area (Å²) in [4.78, 5) is 20.7. The standard InChI is InChI=1S/C10H4O2/c1-3-7-8(4-2)10(6-12)9(7)5-11/h1-2,5-6H. The van der Waals surface area contributed by atoms with Gasteiger partial charge in [0.1, 0.15) is 0 Å². The van der Waals surface area contributed by atoms with Crippen LogP contribution in [0.25, 0.3) is 0 Å². The van der Waals surface area contributed by atoms with Gasteiger partial charge in [-0.05, 0) is 0 Å². The zero-order chi connectivity index (χ0) is 9.14. The molecule has 0 unspecified atom stereocenters. The van der Waals surface area contributed by atoms with Crippen molar-refractivity contribution in [2.24, 2.45) is 0 Å². The molecular formula is C10H4O2. The van der Waals surface area contributed by atoms with E-state index in [1.165, 1.54) is 0 Å². The molecule has 0 atom stereocenters. The molecule has 0 aromatic heterocycles. The second-order valence-corrected chi connectivity index (χ2v) is 2.10. The molecule has 0 radical (unpaired) electrons. The van der Waals surface area contributed by atoms with Gasteiger partial charge in [-0.2, -0.15) is 0 Å². The quantitative estimate of drug-likeness (QED) is 0.424. The van der Waals surface area contributed by atoms with E-state index in [9.17, 15) is 9.59 Å². The summed E-state index contributed by atoms with van der Waals surface area (Å²) in [6.45, 7) is 0. The van der Waals surface area contributed by atoms with Crippen LogP contribution in [-0.4, -0.2) is 12.6 Å². The second kappa shape index (κ2) is 2.90. The van der Waals surface area contributed by atoms with Crippen molar-refractivity contribution < 1.29 is 9.59 Å². The van der Waals surface area contributed by atoms with Gasteiger partial charge in [0.25, 0.3) is 0 Å². The maximum atomic E-state index is 10.4. The first-order valence-corrected chi connectivity index (χ1v) is 3.13. The van der Waals surface area contributed by atoms with Crippen LogP contribution in [0.3, 0.4) is 0 Å². The van der Waals surface area contributed by atoms with Gasteiger partial charge in [-0.15, -0.1) is 12.8 Å². The number of hydrogen-bond acceptors (Lipinski definition) is 2. The molecule has 0 bridgehead atoms. The molecule has 0 spiro atoms. The van der Waals surface area contributed by atoms with E-state index in [4.69, 9.17) is 12.8 Å². The van der Waals surface area contributed by atoms with Gasteiger partial charge in [-0.25, -0.2) is 0 Å². The van der Waals surface area contributed by atoms with Crippen LogP contribution in [0.4, 0.5) is 0 Å². The molecule has 12 heavy (non-hydrogen) atoms. The molecule has 0 aliphatic heterocycles. The fraction of sp³-hybridized carbons (Fsp3) is 0. The van der Waals surface area contributed by atoms with Crippen molar-refractivity contribution in [1.29, 1.82) is 0 Å². The highest BCUT2D eigenvalue weighted by molar-refractivity contribution is 6.04. The van der Waals surface area contributed by atoms with Crippen LogP contribution in [0.2, 0.25) is 0 Å². The molecule has 1 aliphatic rings. The maximum Gasteiger partial charge on any atom is 0.152 e. The molecule has 0 heterocycles. The molecule has 0 N–H and O–H groups in total. The molecule has 0 saturated heterocycles. The number of carbonyl (C=O) groups excluding carboxylic acids is 2. The summed E-state index contributed by atoms with van der Waals surface area (Å²) in [6.07, 6.45) is 11.2. The predicted molar refractivity (Wildman–Crippen MR) is 43.8 cm³/mol. The molecule has 0 aromatic carbocycles. The molecule has 1 aliphatic carbocycles. The van der Waals surface area contributed by atoms with Crippen LogP contribution >= 0.6 is 0 Å². The Balaban J connectivity index is 3.20. The van der Waals surface area contributed by atoms with Crippen molar-refractivity contribution in [2.45, 2.75) is 0 Å². The average molecular weight is 156 g/mol. The lowest BCUT2D eigenvalue weighted by molar-refractivity contribution is -0.107. The first-order chi connectivity index (χ1) is 5.79. The second-order valence-electron chi connectivity index (χ2n) is 2.10. The van der Waals surface area contributed by atoms with Crippen LogP contribution in [0.15, 0.2) is 22.3 Å². The summed E-state index contributed by atoms with van der Waals surface area (Å²) < 4.78 is 0. The topological polar surface area (TPSA) is 34.1 Å². The summed E-state index contributed by atoms with van der Waals surface area (Å²) >= 11 is 0. The Morgan fingerprint density at radius 3 is 1.42 bits per heavy atom. The van der Waals surface area contributed by atoms with Crippen molar-refractivity contribution in [3.8, 4) is 24.7 Å². The zero-order valence-electron chi connectivity index (χ0n) is 6.13. The fourth-order valence-corrected chi connectivity index (χ4v) is 1.02. The van der Waals surface area contributed by atoms with Gasteiger partial charge in [0.2, 0.25) is 0 Å². The lowest BCUT2D eigenvalue weighted by atomic mass is 9.82. The summed E-state index contributed by atoms with van der Waals surface area (Å²) in [5.74, 6) is 4.51. The molecule has 0 fully saturated rings. The van der Waals surface area contributed by atoms with E-state index in [-0.39, 0.29) is 11.1 Å². The number of aldehydes is 2. The highest BCUT2D eigenvalue weighted by atomic mass is 16.1. The van der Waals surface area contributed by atoms with Crippen LogP contribution in [0.5, 0.6) is 0 Å². The van der Waals surface area contributed by atoms with E-state index in [2.05, 4.69) is 11.8 Å². The molecule has 0 saturated carbocycles. The van der Waals surface area contributed by atoms with Gasteiger partial charge in [0.05, 0.1) is 11.1 Å². The number of allylic oxidation sites excluding steroid dienone is 4. The van der Waals surface area contributed by atoms with Crippen molar-refractivity contribution in [3.05, 3.63) is 22.3 Å². The zero-order valence-corrected chi connectivity index (χ0v) is 6.13. The monoisotopic (exact) mass is 156 g/mol. The van der Waals surface area contributed by atoms with Crippen LogP contribution in [0, 0.1) is 24.7 Å². The van der Waals surface area contributed by atoms with Crippen LogP contribution in [0.1, 0.15) is 0 Å². The Labute approximate surface area is 70.0 Å². The Kier molecular flexibility index (Phi) is 1.94. The van der Waals surface area contributed by atoms with Gasteiger partial charge in [0, 0.05) is 11.1 Å². The average Bonchev–Trinajstić information content (AvgIpc) is 2.05. The fourth-order valence-electron chi connectivity index (χ4n) is 1.02. The van der Waals surface area contributed by atoms with Crippen molar-refractivity contribution >= 4 is 12.6 Å².